The van der Waals surface area contributed by atoms with Crippen LogP contribution < -0.4 is 14.5 Å². The lowest BCUT2D eigenvalue weighted by atomic mass is 9.78. The van der Waals surface area contributed by atoms with E-state index in [4.69, 9.17) is 9.72 Å². The molecule has 2 aromatic heterocycles. The van der Waals surface area contributed by atoms with Crippen LogP contribution in [0.15, 0.2) is 139 Å². The molecule has 5 heteroatoms. The first-order valence-electron chi connectivity index (χ1n) is 22.3. The van der Waals surface area contributed by atoms with Crippen LogP contribution in [-0.2, 0) is 21.7 Å². The van der Waals surface area contributed by atoms with Crippen LogP contribution in [0.4, 0.5) is 11.4 Å². The van der Waals surface area contributed by atoms with Crippen LogP contribution in [0.3, 0.4) is 0 Å². The Kier molecular flexibility index (Phi) is 10.5. The molecule has 1 aliphatic heterocycles. The average Bonchev–Trinajstić information content (AvgIpc) is 3.81. The Labute approximate surface area is 371 Å². The summed E-state index contributed by atoms with van der Waals surface area (Å²) in [7, 11) is 0. The second-order valence-corrected chi connectivity index (χ2v) is 22.1. The van der Waals surface area contributed by atoms with E-state index in [1.165, 1.54) is 44.6 Å². The molecule has 0 bridgehead atoms. The predicted octanol–water partition coefficient (Wildman–Crippen LogP) is 15.4. The van der Waals surface area contributed by atoms with Crippen molar-refractivity contribution in [2.75, 3.05) is 16.5 Å². The van der Waals surface area contributed by atoms with Crippen LogP contribution in [0.2, 0.25) is 0 Å². The monoisotopic (exact) mass is 823 g/mol. The minimum Gasteiger partial charge on any atom is -0.457 e. The molecule has 5 aromatic carbocycles. The number of aromatic nitrogens is 2. The molecule has 62 heavy (non-hydrogen) atoms. The second kappa shape index (κ2) is 15.2. The molecule has 5 nitrogen and oxygen atoms in total. The Morgan fingerprint density at radius 3 is 1.73 bits per heavy atom. The van der Waals surface area contributed by atoms with Crippen molar-refractivity contribution in [3.8, 4) is 17.3 Å². The Balaban J connectivity index is 1.26. The van der Waals surface area contributed by atoms with Crippen molar-refractivity contribution < 1.29 is 4.74 Å². The third-order valence-corrected chi connectivity index (χ3v) is 12.8. The van der Waals surface area contributed by atoms with Gasteiger partial charge in [0.2, 0.25) is 0 Å². The lowest BCUT2D eigenvalue weighted by molar-refractivity contribution is 0.480. The highest BCUT2D eigenvalue weighted by Crippen LogP contribution is 2.44. The highest BCUT2D eigenvalue weighted by molar-refractivity contribution is 6.09. The molecule has 0 amide bonds. The summed E-state index contributed by atoms with van der Waals surface area (Å²) in [6.45, 7) is 32.9. The van der Waals surface area contributed by atoms with E-state index in [1.54, 1.807) is 0 Å². The molecule has 0 aliphatic carbocycles. The van der Waals surface area contributed by atoms with Gasteiger partial charge in [-0.1, -0.05) is 152 Å². The average molecular weight is 823 g/mol. The molecule has 3 heterocycles. The van der Waals surface area contributed by atoms with E-state index in [1.807, 2.05) is 6.20 Å². The zero-order valence-electron chi connectivity index (χ0n) is 39.6. The van der Waals surface area contributed by atoms with Gasteiger partial charge in [-0.3, -0.25) is 4.57 Å². The van der Waals surface area contributed by atoms with Crippen LogP contribution in [0.25, 0.3) is 27.6 Å². The molecule has 8 rings (SSSR count). The van der Waals surface area contributed by atoms with Gasteiger partial charge in [-0.05, 0) is 98.7 Å². The molecule has 0 unspecified atom stereocenters. The Bertz CT molecular complexity index is 2780. The van der Waals surface area contributed by atoms with Gasteiger partial charge in [0, 0.05) is 63.2 Å². The number of para-hydroxylation sites is 1. The minimum atomic E-state index is -0.297. The normalized spacial score (nSPS) is 14.3. The minimum absolute atomic E-state index is 0.00890. The molecule has 7 aromatic rings. The van der Waals surface area contributed by atoms with Gasteiger partial charge in [-0.2, -0.15) is 0 Å². The third kappa shape index (κ3) is 8.27. The number of benzene rings is 5. The number of anilines is 2. The highest BCUT2D eigenvalue weighted by atomic mass is 16.5. The van der Waals surface area contributed by atoms with Gasteiger partial charge in [0.15, 0.2) is 0 Å². The fourth-order valence-corrected chi connectivity index (χ4v) is 8.69. The van der Waals surface area contributed by atoms with E-state index in [2.05, 4.69) is 239 Å². The van der Waals surface area contributed by atoms with Crippen molar-refractivity contribution >= 4 is 33.2 Å². The van der Waals surface area contributed by atoms with Crippen LogP contribution in [0, 0.1) is 5.41 Å². The lowest BCUT2D eigenvalue weighted by Crippen LogP contribution is -2.31. The summed E-state index contributed by atoms with van der Waals surface area (Å²) in [5.74, 6) is 2.47. The van der Waals surface area contributed by atoms with Gasteiger partial charge in [-0.15, -0.1) is 0 Å². The van der Waals surface area contributed by atoms with Crippen LogP contribution in [0.5, 0.6) is 11.5 Å². The topological polar surface area (TPSA) is 33.5 Å². The van der Waals surface area contributed by atoms with E-state index in [0.717, 1.165) is 39.4 Å². The van der Waals surface area contributed by atoms with Gasteiger partial charge in [0.1, 0.15) is 17.3 Å². The Hall–Kier alpha value is -5.81. The maximum Gasteiger partial charge on any atom is 0.137 e. The van der Waals surface area contributed by atoms with Crippen LogP contribution >= 0.6 is 0 Å². The molecule has 0 N–H and O–H groups in total. The van der Waals surface area contributed by atoms with Crippen LogP contribution in [-0.4, -0.2) is 16.2 Å². The molecule has 320 valence electrons. The van der Waals surface area contributed by atoms with Gasteiger partial charge < -0.3 is 14.5 Å². The number of hydrogen-bond donors (Lipinski definition) is 0. The van der Waals surface area contributed by atoms with Crippen molar-refractivity contribution in [2.45, 2.75) is 119 Å². The number of allylic oxidation sites excluding steroid dienone is 1. The maximum atomic E-state index is 7.04. The van der Waals surface area contributed by atoms with Crippen molar-refractivity contribution in [3.05, 3.63) is 167 Å². The standard InChI is InChI=1S/C57H66N4O/c1-53(2,3)39-26-27-58-52(33-39)61-49-23-19-18-22-47(49)48-25-24-45(35-50(48)61)62-46-32-42(57(13,14)38-20-16-15-17-21-38)31-43(34-46)59-36-51(56(10,11)12)60(37-59)44-29-40(54(4,5)6)28-41(30-44)55(7,8)9/h15-36H,37H2,1-14H3. The van der Waals surface area contributed by atoms with Crippen molar-refractivity contribution in [1.82, 2.24) is 9.55 Å². The van der Waals surface area contributed by atoms with Crippen LogP contribution in [0.1, 0.15) is 125 Å². The molecule has 0 spiro atoms. The number of rotatable bonds is 7. The Morgan fingerprint density at radius 2 is 1.08 bits per heavy atom. The third-order valence-electron chi connectivity index (χ3n) is 12.8. The first kappa shape index (κ1) is 42.9. The fourth-order valence-electron chi connectivity index (χ4n) is 8.69. The van der Waals surface area contributed by atoms with Gasteiger partial charge >= 0.3 is 0 Å². The molecule has 0 atom stereocenters. The molecule has 0 saturated carbocycles. The van der Waals surface area contributed by atoms with E-state index in [-0.39, 0.29) is 27.1 Å². The quantitative estimate of drug-likeness (QED) is 0.160. The summed E-state index contributed by atoms with van der Waals surface area (Å²) in [4.78, 5) is 9.86. The Morgan fingerprint density at radius 1 is 0.468 bits per heavy atom. The molecule has 0 saturated heterocycles. The smallest absolute Gasteiger partial charge is 0.137 e. The maximum absolute atomic E-state index is 7.04. The number of ether oxygens (including phenoxy) is 1. The summed E-state index contributed by atoms with van der Waals surface area (Å²) in [5.41, 5.74) is 11.8. The molecule has 1 aliphatic rings. The number of fused-ring (bicyclic) bond motifs is 3. The van der Waals surface area contributed by atoms with E-state index in [0.29, 0.717) is 6.67 Å². The predicted molar refractivity (Wildman–Crippen MR) is 264 cm³/mol. The first-order valence-corrected chi connectivity index (χ1v) is 22.3. The fraction of sp³-hybridized carbons (Fsp3) is 0.351. The summed E-state index contributed by atoms with van der Waals surface area (Å²) in [6.07, 6.45) is 4.30. The first-order chi connectivity index (χ1) is 29.0. The summed E-state index contributed by atoms with van der Waals surface area (Å²) < 4.78 is 9.32. The van der Waals surface area contributed by atoms with Gasteiger partial charge in [-0.25, -0.2) is 4.98 Å². The van der Waals surface area contributed by atoms with Crippen molar-refractivity contribution in [2.24, 2.45) is 5.41 Å². The SMILES string of the molecule is CC(C)(C)C1=CN(c2cc(Oc3ccc4c5ccccc5n(-c5cc(C(C)(C)C)ccn5)c4c3)cc(C(C)(C)c3ccccc3)c2)CN1c1cc(C(C)(C)C)cc(C(C)(C)C)c1. The van der Waals surface area contributed by atoms with Gasteiger partial charge in [0.25, 0.3) is 0 Å². The van der Waals surface area contributed by atoms with Crippen molar-refractivity contribution in [3.63, 3.8) is 0 Å². The summed E-state index contributed by atoms with van der Waals surface area (Å²) in [6, 6.07) is 44.3. The summed E-state index contributed by atoms with van der Waals surface area (Å²) in [5, 5.41) is 2.35. The van der Waals surface area contributed by atoms with Crippen molar-refractivity contribution in [1.29, 1.82) is 0 Å². The summed E-state index contributed by atoms with van der Waals surface area (Å²) >= 11 is 0. The molecule has 0 radical (unpaired) electrons. The number of hydrogen-bond acceptors (Lipinski definition) is 4. The molecule has 0 fully saturated rings. The number of nitrogens with zero attached hydrogens (tertiary/aromatic N) is 4. The zero-order valence-corrected chi connectivity index (χ0v) is 39.6. The van der Waals surface area contributed by atoms with Gasteiger partial charge in [0.05, 0.1) is 17.7 Å². The van der Waals surface area contributed by atoms with E-state index < -0.39 is 0 Å². The largest absolute Gasteiger partial charge is 0.457 e. The second-order valence-electron chi connectivity index (χ2n) is 22.1. The van der Waals surface area contributed by atoms with E-state index >= 15 is 0 Å². The number of pyridine rings is 1. The lowest BCUT2D eigenvalue weighted by Gasteiger charge is -2.34. The molecular weight excluding hydrogens is 757 g/mol. The van der Waals surface area contributed by atoms with E-state index in [9.17, 15) is 0 Å². The zero-order chi connectivity index (χ0) is 44.6. The highest BCUT2D eigenvalue weighted by Gasteiger charge is 2.34. The molecular formula is C57H66N4O.